The number of aliphatic hydroxyl groups is 1. The maximum absolute atomic E-state index is 13.4. The Labute approximate surface area is 253 Å². The summed E-state index contributed by atoms with van der Waals surface area (Å²) in [5, 5.41) is 13.5. The fraction of sp³-hybridized carbons (Fsp3) is 0.324. The summed E-state index contributed by atoms with van der Waals surface area (Å²) in [5.41, 5.74) is 4.96. The van der Waals surface area contributed by atoms with Crippen molar-refractivity contribution in [3.05, 3.63) is 117 Å². The highest BCUT2D eigenvalue weighted by molar-refractivity contribution is 6.31. The van der Waals surface area contributed by atoms with E-state index in [1.54, 1.807) is 38.1 Å². The van der Waals surface area contributed by atoms with E-state index in [2.05, 4.69) is 31.8 Å². The van der Waals surface area contributed by atoms with Gasteiger partial charge in [0.05, 0.1) is 0 Å². The van der Waals surface area contributed by atoms with Crippen molar-refractivity contribution in [2.75, 3.05) is 5.32 Å². The Morgan fingerprint density at radius 3 is 2.29 bits per heavy atom. The van der Waals surface area contributed by atoms with Gasteiger partial charge in [-0.25, -0.2) is 4.39 Å². The lowest BCUT2D eigenvalue weighted by Gasteiger charge is -2.28. The van der Waals surface area contributed by atoms with Crippen molar-refractivity contribution in [3.63, 3.8) is 0 Å². The molecule has 0 radical (unpaired) electrons. The number of allylic oxidation sites excluding steroid dienone is 2. The van der Waals surface area contributed by atoms with Crippen LogP contribution in [0.5, 0.6) is 5.75 Å². The van der Waals surface area contributed by atoms with Gasteiger partial charge in [0.2, 0.25) is 6.41 Å². The second kappa shape index (κ2) is 15.1. The molecule has 3 aromatic rings. The Bertz CT molecular complexity index is 1400. The predicted molar refractivity (Wildman–Crippen MR) is 170 cm³/mol. The quantitative estimate of drug-likeness (QED) is 0.138. The van der Waals surface area contributed by atoms with Crippen LogP contribution in [0, 0.1) is 12.7 Å². The smallest absolute Gasteiger partial charge is 0.211 e. The first-order valence-corrected chi connectivity index (χ1v) is 14.2. The van der Waals surface area contributed by atoms with E-state index in [0.29, 0.717) is 22.1 Å². The molecule has 2 N–H and O–H groups in total. The van der Waals surface area contributed by atoms with E-state index in [1.165, 1.54) is 17.7 Å². The lowest BCUT2D eigenvalue weighted by Crippen LogP contribution is -2.30. The second-order valence-corrected chi connectivity index (χ2v) is 11.6. The summed E-state index contributed by atoms with van der Waals surface area (Å²) in [5.74, 6) is 0.691. The highest BCUT2D eigenvalue weighted by Gasteiger charge is 2.26. The minimum atomic E-state index is -0.835. The summed E-state index contributed by atoms with van der Waals surface area (Å²) in [4.78, 5) is 10.7. The molecule has 2 atom stereocenters. The summed E-state index contributed by atoms with van der Waals surface area (Å²) in [6.07, 6.45) is 3.66. The van der Waals surface area contributed by atoms with E-state index in [1.807, 2.05) is 39.0 Å². The Balaban J connectivity index is 0.000000287. The minimum absolute atomic E-state index is 0.000637. The van der Waals surface area contributed by atoms with E-state index < -0.39 is 5.60 Å². The van der Waals surface area contributed by atoms with Crippen molar-refractivity contribution >= 4 is 35.3 Å². The van der Waals surface area contributed by atoms with Gasteiger partial charge in [-0.1, -0.05) is 67.4 Å². The molecule has 0 heterocycles. The number of carbonyl (C=O) groups is 1. The molecule has 3 rings (SSSR count). The van der Waals surface area contributed by atoms with Gasteiger partial charge in [-0.2, -0.15) is 0 Å². The number of aliphatic hydroxyl groups excluding tert-OH is 1. The molecular formula is C34H40Cl2FNO3. The van der Waals surface area contributed by atoms with Crippen molar-refractivity contribution in [2.24, 2.45) is 0 Å². The normalized spacial score (nSPS) is 13.0. The van der Waals surface area contributed by atoms with Crippen LogP contribution in [0.2, 0.25) is 10.0 Å². The van der Waals surface area contributed by atoms with E-state index in [4.69, 9.17) is 27.9 Å². The van der Waals surface area contributed by atoms with Crippen LogP contribution in [-0.4, -0.2) is 17.1 Å². The summed E-state index contributed by atoms with van der Waals surface area (Å²) < 4.78 is 19.4. The van der Waals surface area contributed by atoms with Gasteiger partial charge in [0, 0.05) is 21.7 Å². The van der Waals surface area contributed by atoms with Crippen molar-refractivity contribution in [2.45, 2.75) is 72.3 Å². The topological polar surface area (TPSA) is 58.6 Å². The monoisotopic (exact) mass is 599 g/mol. The molecule has 0 fully saturated rings. The number of nitrogens with one attached hydrogen (secondary N) is 1. The van der Waals surface area contributed by atoms with Crippen molar-refractivity contribution in [1.82, 2.24) is 0 Å². The zero-order chi connectivity index (χ0) is 30.9. The largest absolute Gasteiger partial charge is 0.509 e. The van der Waals surface area contributed by atoms with E-state index >= 15 is 0 Å². The average molecular weight is 601 g/mol. The molecule has 220 valence electrons. The van der Waals surface area contributed by atoms with Crippen LogP contribution in [0.1, 0.15) is 82.1 Å². The SMILES string of the molecule is C=C(O)C(C)(C)Oc1ccc(Cl)cc1C(C)C/C(C)=C/C.Cc1ccc(F)cc1C(C)c1ccc(Cl)cc1NC=O. The summed E-state index contributed by atoms with van der Waals surface area (Å²) in [6.45, 7) is 17.4. The van der Waals surface area contributed by atoms with Crippen molar-refractivity contribution < 1.29 is 19.0 Å². The maximum Gasteiger partial charge on any atom is 0.211 e. The summed E-state index contributed by atoms with van der Waals surface area (Å²) >= 11 is 12.1. The molecule has 0 saturated carbocycles. The number of amides is 1. The predicted octanol–water partition coefficient (Wildman–Crippen LogP) is 10.5. The molecular weight excluding hydrogens is 560 g/mol. The number of hydrogen-bond donors (Lipinski definition) is 2. The van der Waals surface area contributed by atoms with Crippen molar-refractivity contribution in [1.29, 1.82) is 0 Å². The van der Waals surface area contributed by atoms with E-state index in [9.17, 15) is 14.3 Å². The van der Waals surface area contributed by atoms with Crippen LogP contribution in [0.3, 0.4) is 0 Å². The first-order chi connectivity index (χ1) is 19.2. The number of anilines is 1. The standard InChI is InChI=1S/C18H25ClO2.C16H15ClFNO/c1-7-12(2)10-13(3)16-11-15(19)8-9-17(16)21-18(5,6)14(4)20;1-10-3-5-13(18)8-15(10)11(2)14-6-4-12(17)7-16(14)19-9-20/h7-9,11,13,20H,4,10H2,1-3,5-6H3;3-9,11H,1-2H3,(H,19,20)/b12-7+;. The summed E-state index contributed by atoms with van der Waals surface area (Å²) in [7, 11) is 0. The minimum Gasteiger partial charge on any atom is -0.509 e. The van der Waals surface area contributed by atoms with Crippen LogP contribution >= 0.6 is 23.2 Å². The zero-order valence-electron chi connectivity index (χ0n) is 24.8. The lowest BCUT2D eigenvalue weighted by atomic mass is 9.89. The first-order valence-electron chi connectivity index (χ1n) is 13.4. The maximum atomic E-state index is 13.4. The highest BCUT2D eigenvalue weighted by Crippen LogP contribution is 2.36. The molecule has 3 aromatic carbocycles. The lowest BCUT2D eigenvalue weighted by molar-refractivity contribution is -0.105. The van der Waals surface area contributed by atoms with Crippen LogP contribution in [0.4, 0.5) is 10.1 Å². The van der Waals surface area contributed by atoms with Gasteiger partial charge in [-0.15, -0.1) is 0 Å². The third-order valence-corrected chi connectivity index (χ3v) is 7.56. The second-order valence-electron chi connectivity index (χ2n) is 10.7. The summed E-state index contributed by atoms with van der Waals surface area (Å²) in [6, 6.07) is 15.6. The molecule has 0 spiro atoms. The number of ether oxygens (including phenoxy) is 1. The fourth-order valence-corrected chi connectivity index (χ4v) is 4.73. The Morgan fingerprint density at radius 2 is 1.68 bits per heavy atom. The molecule has 7 heteroatoms. The van der Waals surface area contributed by atoms with E-state index in [-0.39, 0.29) is 23.4 Å². The third kappa shape index (κ3) is 9.65. The van der Waals surface area contributed by atoms with Gasteiger partial charge in [-0.3, -0.25) is 4.79 Å². The number of aryl methyl sites for hydroxylation is 1. The average Bonchev–Trinajstić information content (AvgIpc) is 2.91. The van der Waals surface area contributed by atoms with Gasteiger partial charge >= 0.3 is 0 Å². The Kier molecular flexibility index (Phi) is 12.5. The molecule has 4 nitrogen and oxygen atoms in total. The molecule has 0 aliphatic heterocycles. The number of rotatable bonds is 10. The number of halogens is 3. The highest BCUT2D eigenvalue weighted by atomic mass is 35.5. The first kappa shape index (κ1) is 33.9. The van der Waals surface area contributed by atoms with Gasteiger partial charge in [0.25, 0.3) is 0 Å². The van der Waals surface area contributed by atoms with Crippen LogP contribution in [-0.2, 0) is 4.79 Å². The zero-order valence-corrected chi connectivity index (χ0v) is 26.3. The van der Waals surface area contributed by atoms with Gasteiger partial charge in [0.1, 0.15) is 17.3 Å². The van der Waals surface area contributed by atoms with Gasteiger partial charge < -0.3 is 15.2 Å². The fourth-order valence-electron chi connectivity index (χ4n) is 4.38. The molecule has 2 unspecified atom stereocenters. The van der Waals surface area contributed by atoms with Crippen LogP contribution in [0.25, 0.3) is 0 Å². The number of carbonyl (C=O) groups excluding carboxylic acids is 1. The Morgan fingerprint density at radius 1 is 1.05 bits per heavy atom. The molecule has 0 aromatic heterocycles. The van der Waals surface area contributed by atoms with Gasteiger partial charge in [0.15, 0.2) is 5.60 Å². The molecule has 1 amide bonds. The van der Waals surface area contributed by atoms with Crippen molar-refractivity contribution in [3.8, 4) is 5.75 Å². The molecule has 0 aliphatic carbocycles. The number of hydrogen-bond acceptors (Lipinski definition) is 3. The van der Waals surface area contributed by atoms with Crippen LogP contribution in [0.15, 0.2) is 78.6 Å². The molecule has 41 heavy (non-hydrogen) atoms. The van der Waals surface area contributed by atoms with Crippen LogP contribution < -0.4 is 10.1 Å². The van der Waals surface area contributed by atoms with E-state index in [0.717, 1.165) is 34.4 Å². The third-order valence-electron chi connectivity index (χ3n) is 7.09. The molecule has 0 aliphatic rings. The van der Waals surface area contributed by atoms with Gasteiger partial charge in [-0.05, 0) is 112 Å². The Hall–Kier alpha value is -3.28. The molecule has 0 saturated heterocycles. The molecule has 0 bridgehead atoms. The number of benzene rings is 3.